The van der Waals surface area contributed by atoms with Gasteiger partial charge in [0.05, 0.1) is 23.5 Å². The average Bonchev–Trinajstić information content (AvgIpc) is 2.40. The molecule has 0 saturated heterocycles. The molecule has 0 bridgehead atoms. The van der Waals surface area contributed by atoms with Gasteiger partial charge in [-0.25, -0.2) is 4.79 Å². The van der Waals surface area contributed by atoms with Crippen molar-refractivity contribution in [3.05, 3.63) is 30.5 Å². The van der Waals surface area contributed by atoms with Gasteiger partial charge >= 0.3 is 6.09 Å². The van der Waals surface area contributed by atoms with Crippen LogP contribution in [0.3, 0.4) is 0 Å². The Morgan fingerprint density at radius 3 is 2.95 bits per heavy atom. The first-order chi connectivity index (χ1) is 9.08. The van der Waals surface area contributed by atoms with E-state index in [4.69, 9.17) is 10.5 Å². The molecule has 3 N–H and O–H groups in total. The number of nitrogens with zero attached hydrogens (tertiary/aromatic N) is 1. The van der Waals surface area contributed by atoms with Gasteiger partial charge in [0, 0.05) is 11.6 Å². The zero-order valence-electron chi connectivity index (χ0n) is 11.0. The Hall–Kier alpha value is -2.30. The lowest BCUT2D eigenvalue weighted by Gasteiger charge is -2.11. The largest absolute Gasteiger partial charge is 0.449 e. The Bertz CT molecular complexity index is 596. The smallest absolute Gasteiger partial charge is 0.411 e. The standard InChI is InChI=1S/C14H17N3O2/c1-9(2)8-19-14(18)17-12-6-5-11(15)13-10(12)4-3-7-16-13/h3-7,9H,8,15H2,1-2H3,(H,17,18). The van der Waals surface area contributed by atoms with Crippen molar-refractivity contribution in [2.45, 2.75) is 13.8 Å². The number of hydrogen-bond acceptors (Lipinski definition) is 4. The van der Waals surface area contributed by atoms with Crippen LogP contribution in [-0.2, 0) is 4.74 Å². The zero-order valence-corrected chi connectivity index (χ0v) is 11.0. The highest BCUT2D eigenvalue weighted by Gasteiger charge is 2.09. The molecule has 0 aliphatic rings. The molecule has 5 heteroatoms. The van der Waals surface area contributed by atoms with Crippen molar-refractivity contribution in [3.8, 4) is 0 Å². The number of rotatable bonds is 3. The van der Waals surface area contributed by atoms with Gasteiger partial charge < -0.3 is 10.5 Å². The van der Waals surface area contributed by atoms with Gasteiger partial charge in [-0.3, -0.25) is 10.3 Å². The summed E-state index contributed by atoms with van der Waals surface area (Å²) in [6.07, 6.45) is 1.20. The van der Waals surface area contributed by atoms with Crippen molar-refractivity contribution < 1.29 is 9.53 Å². The number of amides is 1. The van der Waals surface area contributed by atoms with E-state index in [2.05, 4.69) is 10.3 Å². The van der Waals surface area contributed by atoms with Crippen LogP contribution in [0.4, 0.5) is 16.2 Å². The van der Waals surface area contributed by atoms with E-state index in [0.29, 0.717) is 29.4 Å². The number of carbonyl (C=O) groups is 1. The highest BCUT2D eigenvalue weighted by molar-refractivity contribution is 6.02. The minimum atomic E-state index is -0.469. The maximum atomic E-state index is 11.7. The van der Waals surface area contributed by atoms with E-state index in [1.54, 1.807) is 24.4 Å². The van der Waals surface area contributed by atoms with Crippen LogP contribution in [0.15, 0.2) is 30.5 Å². The first-order valence-electron chi connectivity index (χ1n) is 6.15. The first-order valence-corrected chi connectivity index (χ1v) is 6.15. The van der Waals surface area contributed by atoms with Gasteiger partial charge in [-0.2, -0.15) is 0 Å². The van der Waals surface area contributed by atoms with E-state index in [1.807, 2.05) is 19.9 Å². The van der Waals surface area contributed by atoms with Crippen molar-refractivity contribution in [1.82, 2.24) is 4.98 Å². The van der Waals surface area contributed by atoms with Gasteiger partial charge in [0.2, 0.25) is 0 Å². The SMILES string of the molecule is CC(C)COC(=O)Nc1ccc(N)c2ncccc12. The van der Waals surface area contributed by atoms with Crippen LogP contribution in [0.2, 0.25) is 0 Å². The molecule has 0 radical (unpaired) electrons. The summed E-state index contributed by atoms with van der Waals surface area (Å²) in [7, 11) is 0. The predicted octanol–water partition coefficient (Wildman–Crippen LogP) is 3.02. The summed E-state index contributed by atoms with van der Waals surface area (Å²) in [5, 5.41) is 3.51. The van der Waals surface area contributed by atoms with Crippen LogP contribution in [-0.4, -0.2) is 17.7 Å². The molecule has 0 saturated carbocycles. The van der Waals surface area contributed by atoms with Crippen LogP contribution in [0.25, 0.3) is 10.9 Å². The van der Waals surface area contributed by atoms with Gasteiger partial charge in [0.1, 0.15) is 0 Å². The molecule has 0 unspecified atom stereocenters. The fourth-order valence-electron chi connectivity index (χ4n) is 1.69. The van der Waals surface area contributed by atoms with Crippen molar-refractivity contribution in [2.24, 2.45) is 5.92 Å². The zero-order chi connectivity index (χ0) is 13.8. The van der Waals surface area contributed by atoms with Crippen LogP contribution >= 0.6 is 0 Å². The highest BCUT2D eigenvalue weighted by atomic mass is 16.5. The molecule has 0 aliphatic carbocycles. The number of pyridine rings is 1. The number of nitrogen functional groups attached to an aromatic ring is 1. The van der Waals surface area contributed by atoms with E-state index in [9.17, 15) is 4.79 Å². The molecule has 1 amide bonds. The fraction of sp³-hybridized carbons (Fsp3) is 0.286. The normalized spacial score (nSPS) is 10.7. The topological polar surface area (TPSA) is 77.2 Å². The average molecular weight is 259 g/mol. The molecule has 0 spiro atoms. The third-order valence-corrected chi connectivity index (χ3v) is 2.59. The van der Waals surface area contributed by atoms with Gasteiger partial charge in [0.15, 0.2) is 0 Å². The van der Waals surface area contributed by atoms with Gasteiger partial charge in [-0.1, -0.05) is 13.8 Å². The molecule has 2 rings (SSSR count). The second kappa shape index (κ2) is 5.56. The maximum Gasteiger partial charge on any atom is 0.411 e. The summed E-state index contributed by atoms with van der Waals surface area (Å²) < 4.78 is 5.08. The van der Waals surface area contributed by atoms with Gasteiger partial charge in [-0.05, 0) is 30.2 Å². The minimum absolute atomic E-state index is 0.301. The Balaban J connectivity index is 2.21. The number of ether oxygens (including phenoxy) is 1. The Kier molecular flexibility index (Phi) is 3.85. The van der Waals surface area contributed by atoms with Gasteiger partial charge in [-0.15, -0.1) is 0 Å². The lowest BCUT2D eigenvalue weighted by Crippen LogP contribution is -2.16. The highest BCUT2D eigenvalue weighted by Crippen LogP contribution is 2.26. The summed E-state index contributed by atoms with van der Waals surface area (Å²) in [6.45, 7) is 4.35. The molecular formula is C14H17N3O2. The third-order valence-electron chi connectivity index (χ3n) is 2.59. The molecule has 0 aliphatic heterocycles. The lowest BCUT2D eigenvalue weighted by atomic mass is 10.1. The molecule has 1 heterocycles. The van der Waals surface area contributed by atoms with Crippen molar-refractivity contribution in [2.75, 3.05) is 17.7 Å². The number of carbonyl (C=O) groups excluding carboxylic acids is 1. The van der Waals surface area contributed by atoms with Crippen molar-refractivity contribution >= 4 is 28.4 Å². The van der Waals surface area contributed by atoms with Gasteiger partial charge in [0.25, 0.3) is 0 Å². The summed E-state index contributed by atoms with van der Waals surface area (Å²) in [5.74, 6) is 0.301. The molecule has 0 atom stereocenters. The Morgan fingerprint density at radius 2 is 2.21 bits per heavy atom. The molecule has 5 nitrogen and oxygen atoms in total. The number of nitrogens with two attached hydrogens (primary N) is 1. The van der Waals surface area contributed by atoms with E-state index < -0.39 is 6.09 Å². The van der Waals surface area contributed by atoms with Crippen LogP contribution in [0.5, 0.6) is 0 Å². The first kappa shape index (κ1) is 13.1. The summed E-state index contributed by atoms with van der Waals surface area (Å²) in [6, 6.07) is 7.12. The molecule has 2 aromatic rings. The van der Waals surface area contributed by atoms with E-state index in [-0.39, 0.29) is 0 Å². The monoisotopic (exact) mass is 259 g/mol. The Labute approximate surface area is 111 Å². The lowest BCUT2D eigenvalue weighted by molar-refractivity contribution is 0.147. The van der Waals surface area contributed by atoms with Crippen molar-refractivity contribution in [3.63, 3.8) is 0 Å². The predicted molar refractivity (Wildman–Crippen MR) is 76.0 cm³/mol. The van der Waals surface area contributed by atoms with E-state index >= 15 is 0 Å². The molecular weight excluding hydrogens is 242 g/mol. The molecule has 19 heavy (non-hydrogen) atoms. The second-order valence-corrected chi connectivity index (χ2v) is 4.72. The number of nitrogens with one attached hydrogen (secondary N) is 1. The minimum Gasteiger partial charge on any atom is -0.449 e. The van der Waals surface area contributed by atoms with Crippen LogP contribution in [0, 0.1) is 5.92 Å². The van der Waals surface area contributed by atoms with Crippen LogP contribution < -0.4 is 11.1 Å². The number of fused-ring (bicyclic) bond motifs is 1. The fourth-order valence-corrected chi connectivity index (χ4v) is 1.69. The van der Waals surface area contributed by atoms with E-state index in [1.165, 1.54) is 0 Å². The number of hydrogen-bond donors (Lipinski definition) is 2. The number of anilines is 2. The molecule has 0 fully saturated rings. The summed E-state index contributed by atoms with van der Waals surface area (Å²) >= 11 is 0. The number of benzene rings is 1. The third kappa shape index (κ3) is 3.13. The maximum absolute atomic E-state index is 11.7. The summed E-state index contributed by atoms with van der Waals surface area (Å²) in [4.78, 5) is 15.9. The summed E-state index contributed by atoms with van der Waals surface area (Å²) in [5.41, 5.74) is 7.74. The van der Waals surface area contributed by atoms with Crippen molar-refractivity contribution in [1.29, 1.82) is 0 Å². The van der Waals surface area contributed by atoms with E-state index in [0.717, 1.165) is 5.39 Å². The second-order valence-electron chi connectivity index (χ2n) is 4.72. The number of aromatic nitrogens is 1. The quantitative estimate of drug-likeness (QED) is 0.830. The molecule has 1 aromatic carbocycles. The Morgan fingerprint density at radius 1 is 1.42 bits per heavy atom. The molecule has 1 aromatic heterocycles. The van der Waals surface area contributed by atoms with Crippen LogP contribution in [0.1, 0.15) is 13.8 Å². The molecule has 100 valence electrons.